The molecular formula is C21H40N4O2. The third kappa shape index (κ3) is 4.96. The van der Waals surface area contributed by atoms with Crippen molar-refractivity contribution in [1.29, 1.82) is 0 Å². The van der Waals surface area contributed by atoms with Gasteiger partial charge in [-0.05, 0) is 45.4 Å². The van der Waals surface area contributed by atoms with Gasteiger partial charge >= 0.3 is 0 Å². The molecule has 0 radical (unpaired) electrons. The zero-order valence-corrected chi connectivity index (χ0v) is 17.6. The SMILES string of the molecule is CCOC1CC(NC(=NC)NC2CCN(CCCOC)CC2)C12CCCC2. The second-order valence-electron chi connectivity index (χ2n) is 8.50. The standard InChI is InChI=1S/C21H40N4O2/c1-4-27-19-16-18(21(19)10-5-6-11-21)24-20(22-2)23-17-8-13-25(14-9-17)12-7-15-26-3/h17-19H,4-16H2,1-3H3,(H2,22,23,24). The molecule has 1 spiro atoms. The number of likely N-dealkylation sites (tertiary alicyclic amines) is 1. The van der Waals surface area contributed by atoms with Crippen LogP contribution in [0, 0.1) is 5.41 Å². The first-order chi connectivity index (χ1) is 13.2. The van der Waals surface area contributed by atoms with Crippen LogP contribution in [0.1, 0.15) is 58.3 Å². The minimum absolute atomic E-state index is 0.346. The molecule has 2 saturated carbocycles. The van der Waals surface area contributed by atoms with Crippen molar-refractivity contribution in [1.82, 2.24) is 15.5 Å². The average Bonchev–Trinajstić information content (AvgIpc) is 3.21. The Morgan fingerprint density at radius 3 is 2.56 bits per heavy atom. The lowest BCUT2D eigenvalue weighted by Gasteiger charge is -2.54. The predicted molar refractivity (Wildman–Crippen MR) is 110 cm³/mol. The van der Waals surface area contributed by atoms with E-state index in [1.807, 2.05) is 7.05 Å². The van der Waals surface area contributed by atoms with E-state index in [1.165, 1.54) is 38.5 Å². The Balaban J connectivity index is 1.44. The van der Waals surface area contributed by atoms with Crippen LogP contribution in [0.25, 0.3) is 0 Å². The fourth-order valence-corrected chi connectivity index (χ4v) is 5.35. The van der Waals surface area contributed by atoms with Crippen molar-refractivity contribution in [2.45, 2.75) is 76.5 Å². The molecule has 6 nitrogen and oxygen atoms in total. The molecule has 0 aromatic rings. The highest BCUT2D eigenvalue weighted by atomic mass is 16.5. The molecule has 2 N–H and O–H groups in total. The van der Waals surface area contributed by atoms with Gasteiger partial charge in [-0.3, -0.25) is 4.99 Å². The van der Waals surface area contributed by atoms with E-state index in [1.54, 1.807) is 7.11 Å². The summed E-state index contributed by atoms with van der Waals surface area (Å²) >= 11 is 0. The molecule has 0 amide bonds. The number of nitrogens with zero attached hydrogens (tertiary/aromatic N) is 2. The van der Waals surface area contributed by atoms with Crippen molar-refractivity contribution in [3.8, 4) is 0 Å². The Hall–Kier alpha value is -0.850. The van der Waals surface area contributed by atoms with Gasteiger partial charge in [0.25, 0.3) is 0 Å². The molecule has 2 aliphatic carbocycles. The number of rotatable bonds is 8. The Kier molecular flexibility index (Phi) is 7.79. The molecular weight excluding hydrogens is 340 g/mol. The second kappa shape index (κ2) is 10.1. The zero-order valence-electron chi connectivity index (χ0n) is 17.6. The van der Waals surface area contributed by atoms with Crippen molar-refractivity contribution in [2.24, 2.45) is 10.4 Å². The van der Waals surface area contributed by atoms with Crippen LogP contribution in [0.2, 0.25) is 0 Å². The summed E-state index contributed by atoms with van der Waals surface area (Å²) < 4.78 is 11.2. The molecule has 0 aromatic carbocycles. The lowest BCUT2D eigenvalue weighted by atomic mass is 9.60. The summed E-state index contributed by atoms with van der Waals surface area (Å²) in [5.74, 6) is 0.985. The van der Waals surface area contributed by atoms with Gasteiger partial charge in [0.15, 0.2) is 5.96 Å². The van der Waals surface area contributed by atoms with Gasteiger partial charge in [0.1, 0.15) is 0 Å². The van der Waals surface area contributed by atoms with Crippen molar-refractivity contribution in [3.05, 3.63) is 0 Å². The lowest BCUT2D eigenvalue weighted by molar-refractivity contribution is -0.125. The van der Waals surface area contributed by atoms with E-state index in [9.17, 15) is 0 Å². The Morgan fingerprint density at radius 2 is 1.93 bits per heavy atom. The monoisotopic (exact) mass is 380 g/mol. The molecule has 3 rings (SSSR count). The number of ether oxygens (including phenoxy) is 2. The molecule has 2 unspecified atom stereocenters. The highest BCUT2D eigenvalue weighted by Crippen LogP contribution is 2.54. The van der Waals surface area contributed by atoms with Gasteiger partial charge < -0.3 is 25.0 Å². The Bertz CT molecular complexity index is 471. The van der Waals surface area contributed by atoms with Crippen molar-refractivity contribution >= 4 is 5.96 Å². The van der Waals surface area contributed by atoms with Gasteiger partial charge in [-0.25, -0.2) is 0 Å². The molecule has 156 valence electrons. The fraction of sp³-hybridized carbons (Fsp3) is 0.952. The number of methoxy groups -OCH3 is 1. The molecule has 1 saturated heterocycles. The van der Waals surface area contributed by atoms with E-state index in [0.29, 0.717) is 23.6 Å². The predicted octanol–water partition coefficient (Wildman–Crippen LogP) is 2.39. The quantitative estimate of drug-likeness (QED) is 0.385. The summed E-state index contributed by atoms with van der Waals surface area (Å²) in [6, 6.07) is 1.04. The Morgan fingerprint density at radius 1 is 1.19 bits per heavy atom. The number of guanidine groups is 1. The van der Waals surface area contributed by atoms with Crippen molar-refractivity contribution in [2.75, 3.05) is 47.0 Å². The van der Waals surface area contributed by atoms with Crippen LogP contribution in [0.3, 0.4) is 0 Å². The van der Waals surface area contributed by atoms with Crippen molar-refractivity contribution in [3.63, 3.8) is 0 Å². The maximum absolute atomic E-state index is 6.05. The van der Waals surface area contributed by atoms with E-state index in [-0.39, 0.29) is 0 Å². The Labute approximate surface area is 165 Å². The number of hydrogen-bond acceptors (Lipinski definition) is 4. The third-order valence-corrected chi connectivity index (χ3v) is 6.97. The number of piperidine rings is 1. The molecule has 3 fully saturated rings. The molecule has 0 aromatic heterocycles. The summed E-state index contributed by atoms with van der Waals surface area (Å²) in [5, 5.41) is 7.45. The normalized spacial score (nSPS) is 29.1. The molecule has 3 aliphatic rings. The smallest absolute Gasteiger partial charge is 0.191 e. The highest BCUT2D eigenvalue weighted by Gasteiger charge is 2.57. The average molecular weight is 381 g/mol. The largest absolute Gasteiger partial charge is 0.385 e. The van der Waals surface area contributed by atoms with Crippen LogP contribution in [0.15, 0.2) is 4.99 Å². The number of aliphatic imine (C=N–C) groups is 1. The topological polar surface area (TPSA) is 58.1 Å². The summed E-state index contributed by atoms with van der Waals surface area (Å²) in [5.41, 5.74) is 0.346. The lowest BCUT2D eigenvalue weighted by Crippen LogP contribution is -2.65. The van der Waals surface area contributed by atoms with Gasteiger partial charge in [0, 0.05) is 64.5 Å². The van der Waals surface area contributed by atoms with Crippen LogP contribution in [0.4, 0.5) is 0 Å². The summed E-state index contributed by atoms with van der Waals surface area (Å²) in [6.45, 7) is 7.29. The molecule has 2 atom stereocenters. The van der Waals surface area contributed by atoms with Gasteiger partial charge in [-0.2, -0.15) is 0 Å². The maximum atomic E-state index is 6.05. The van der Waals surface area contributed by atoms with Gasteiger partial charge in [-0.15, -0.1) is 0 Å². The van der Waals surface area contributed by atoms with E-state index in [0.717, 1.165) is 51.6 Å². The van der Waals surface area contributed by atoms with Crippen LogP contribution < -0.4 is 10.6 Å². The first-order valence-electron chi connectivity index (χ1n) is 11.0. The molecule has 6 heteroatoms. The van der Waals surface area contributed by atoms with E-state index in [4.69, 9.17) is 9.47 Å². The number of nitrogens with one attached hydrogen (secondary N) is 2. The molecule has 27 heavy (non-hydrogen) atoms. The van der Waals surface area contributed by atoms with Crippen molar-refractivity contribution < 1.29 is 9.47 Å². The van der Waals surface area contributed by atoms with Crippen LogP contribution in [0.5, 0.6) is 0 Å². The van der Waals surface area contributed by atoms with Gasteiger partial charge in [0.2, 0.25) is 0 Å². The molecule has 1 heterocycles. The minimum Gasteiger partial charge on any atom is -0.385 e. The summed E-state index contributed by atoms with van der Waals surface area (Å²) in [6.07, 6.45) is 10.3. The van der Waals surface area contributed by atoms with E-state index >= 15 is 0 Å². The first kappa shape index (κ1) is 20.9. The van der Waals surface area contributed by atoms with Crippen LogP contribution in [-0.4, -0.2) is 76.1 Å². The summed E-state index contributed by atoms with van der Waals surface area (Å²) in [4.78, 5) is 7.09. The number of hydrogen-bond donors (Lipinski definition) is 2. The van der Waals surface area contributed by atoms with E-state index in [2.05, 4.69) is 27.4 Å². The second-order valence-corrected chi connectivity index (χ2v) is 8.50. The highest BCUT2D eigenvalue weighted by molar-refractivity contribution is 5.80. The van der Waals surface area contributed by atoms with E-state index < -0.39 is 0 Å². The fourth-order valence-electron chi connectivity index (χ4n) is 5.35. The minimum atomic E-state index is 0.346. The first-order valence-corrected chi connectivity index (χ1v) is 11.0. The molecule has 1 aliphatic heterocycles. The van der Waals surface area contributed by atoms with Crippen LogP contribution in [-0.2, 0) is 9.47 Å². The van der Waals surface area contributed by atoms with Crippen LogP contribution >= 0.6 is 0 Å². The maximum Gasteiger partial charge on any atom is 0.191 e. The summed E-state index contributed by atoms with van der Waals surface area (Å²) in [7, 11) is 3.68. The van der Waals surface area contributed by atoms with Gasteiger partial charge in [-0.1, -0.05) is 12.8 Å². The zero-order chi connectivity index (χ0) is 19.1. The third-order valence-electron chi connectivity index (χ3n) is 6.97. The van der Waals surface area contributed by atoms with Gasteiger partial charge in [0.05, 0.1) is 6.10 Å². The molecule has 0 bridgehead atoms.